The number of anilines is 1. The first kappa shape index (κ1) is 21.3. The lowest BCUT2D eigenvalue weighted by Gasteiger charge is -2.40. The lowest BCUT2D eigenvalue weighted by molar-refractivity contribution is -0.139. The Kier molecular flexibility index (Phi) is 6.95. The van der Waals surface area contributed by atoms with Crippen molar-refractivity contribution < 1.29 is 14.7 Å². The van der Waals surface area contributed by atoms with Gasteiger partial charge in [0, 0.05) is 28.1 Å². The summed E-state index contributed by atoms with van der Waals surface area (Å²) in [6.07, 6.45) is 0.678. The minimum atomic E-state index is -1.05. The average Bonchev–Trinajstić information content (AvgIpc) is 2.62. The van der Waals surface area contributed by atoms with Crippen LogP contribution in [0.1, 0.15) is 29.0 Å². The van der Waals surface area contributed by atoms with E-state index in [0.717, 1.165) is 16.7 Å². The molecule has 1 aliphatic rings. The first-order chi connectivity index (χ1) is 12.5. The Bertz CT molecular complexity index is 846. The van der Waals surface area contributed by atoms with Gasteiger partial charge in [-0.25, -0.2) is 4.79 Å². The summed E-state index contributed by atoms with van der Waals surface area (Å²) in [6.45, 7) is 0.423. The summed E-state index contributed by atoms with van der Waals surface area (Å²) in [6, 6.07) is 9.92. The number of carbonyl (C=O) groups excluding carboxylic acids is 1. The van der Waals surface area contributed by atoms with Gasteiger partial charge < -0.3 is 10.8 Å². The van der Waals surface area contributed by atoms with Gasteiger partial charge in [-0.05, 0) is 29.7 Å². The van der Waals surface area contributed by atoms with E-state index in [1.54, 1.807) is 12.1 Å². The maximum absolute atomic E-state index is 11.8. The van der Waals surface area contributed by atoms with Gasteiger partial charge >= 0.3 is 5.97 Å². The third kappa shape index (κ3) is 4.14. The van der Waals surface area contributed by atoms with Gasteiger partial charge in [0.25, 0.3) is 0 Å². The Morgan fingerprint density at radius 1 is 1.30 bits per heavy atom. The molecule has 0 unspecified atom stereocenters. The molecule has 0 saturated carbocycles. The summed E-state index contributed by atoms with van der Waals surface area (Å²) < 4.78 is 0. The van der Waals surface area contributed by atoms with Crippen LogP contribution >= 0.6 is 35.6 Å². The quantitative estimate of drug-likeness (QED) is 0.632. The van der Waals surface area contributed by atoms with Crippen LogP contribution in [0.25, 0.3) is 0 Å². The predicted octanol–water partition coefficient (Wildman–Crippen LogP) is 3.33. The Morgan fingerprint density at radius 2 is 1.96 bits per heavy atom. The summed E-state index contributed by atoms with van der Waals surface area (Å²) in [7, 11) is 0. The summed E-state index contributed by atoms with van der Waals surface area (Å²) >= 11 is 12.6. The number of rotatable bonds is 5. The number of amides is 1. The second-order valence-corrected chi connectivity index (χ2v) is 6.87. The monoisotopic (exact) mass is 429 g/mol. The molecule has 3 rings (SSSR count). The number of hydrazine groups is 1. The molecule has 2 aromatic rings. The molecule has 2 aromatic carbocycles. The fraction of sp³-hybridized carbons (Fsp3) is 0.222. The zero-order valence-corrected chi connectivity index (χ0v) is 16.4. The number of hydrogen-bond donors (Lipinski definition) is 3. The lowest BCUT2D eigenvalue weighted by Crippen LogP contribution is -2.52. The number of halogens is 3. The van der Waals surface area contributed by atoms with E-state index in [0.29, 0.717) is 28.7 Å². The predicted molar refractivity (Wildman–Crippen MR) is 108 cm³/mol. The summed E-state index contributed by atoms with van der Waals surface area (Å²) in [5.41, 5.74) is 11.2. The number of nitrogens with one attached hydrogen (secondary N) is 1. The molecule has 1 heterocycles. The number of benzene rings is 2. The molecule has 9 heteroatoms. The zero-order valence-electron chi connectivity index (χ0n) is 14.1. The van der Waals surface area contributed by atoms with E-state index >= 15 is 0 Å². The normalized spacial score (nSPS) is 18.3. The van der Waals surface area contributed by atoms with Crippen LogP contribution in [0.5, 0.6) is 0 Å². The topological polar surface area (TPSA) is 95.7 Å². The highest BCUT2D eigenvalue weighted by Crippen LogP contribution is 2.46. The molecule has 0 aromatic heterocycles. The Morgan fingerprint density at radius 3 is 2.52 bits per heavy atom. The molecule has 0 fully saturated rings. The van der Waals surface area contributed by atoms with E-state index in [1.165, 1.54) is 5.01 Å². The maximum Gasteiger partial charge on any atom is 0.328 e. The van der Waals surface area contributed by atoms with E-state index in [2.05, 4.69) is 5.43 Å². The summed E-state index contributed by atoms with van der Waals surface area (Å²) in [5, 5.41) is 11.7. The second-order valence-electron chi connectivity index (χ2n) is 6.03. The molecule has 27 heavy (non-hydrogen) atoms. The van der Waals surface area contributed by atoms with Crippen molar-refractivity contribution in [3.05, 3.63) is 63.1 Å². The number of nitrogens with two attached hydrogens (primary N) is 1. The van der Waals surface area contributed by atoms with Crippen molar-refractivity contribution in [2.45, 2.75) is 24.9 Å². The largest absolute Gasteiger partial charge is 0.480 e. The number of carboxylic acids is 1. The van der Waals surface area contributed by atoms with Gasteiger partial charge in [-0.1, -0.05) is 47.5 Å². The zero-order chi connectivity index (χ0) is 18.8. The lowest BCUT2D eigenvalue weighted by atomic mass is 9.81. The van der Waals surface area contributed by atoms with Gasteiger partial charge in [-0.15, -0.1) is 12.4 Å². The number of hydrogen-bond acceptors (Lipinski definition) is 4. The van der Waals surface area contributed by atoms with Gasteiger partial charge in [-0.3, -0.25) is 15.2 Å². The smallest absolute Gasteiger partial charge is 0.328 e. The number of nitrogens with zero attached hydrogens (tertiary/aromatic N) is 1. The fourth-order valence-corrected chi connectivity index (χ4v) is 3.96. The first-order valence-electron chi connectivity index (χ1n) is 7.96. The highest BCUT2D eigenvalue weighted by Gasteiger charge is 2.39. The van der Waals surface area contributed by atoms with Crippen LogP contribution in [0.3, 0.4) is 0 Å². The van der Waals surface area contributed by atoms with Crippen molar-refractivity contribution in [3.63, 3.8) is 0 Å². The van der Waals surface area contributed by atoms with Crippen LogP contribution < -0.4 is 16.2 Å². The van der Waals surface area contributed by atoms with Gasteiger partial charge in [-0.2, -0.15) is 0 Å². The second kappa shape index (κ2) is 8.80. The molecule has 4 N–H and O–H groups in total. The highest BCUT2D eigenvalue weighted by atomic mass is 35.5. The summed E-state index contributed by atoms with van der Waals surface area (Å²) in [5.74, 6) is -1.31. The third-order valence-electron chi connectivity index (χ3n) is 4.55. The van der Waals surface area contributed by atoms with Crippen LogP contribution in [-0.4, -0.2) is 23.5 Å². The van der Waals surface area contributed by atoms with Gasteiger partial charge in [0.2, 0.25) is 6.41 Å². The van der Waals surface area contributed by atoms with Crippen molar-refractivity contribution in [2.75, 3.05) is 5.01 Å². The highest BCUT2D eigenvalue weighted by molar-refractivity contribution is 6.35. The first-order valence-corrected chi connectivity index (χ1v) is 8.71. The van der Waals surface area contributed by atoms with Gasteiger partial charge in [0.05, 0.1) is 5.69 Å². The molecule has 2 atom stereocenters. The SMILES string of the molecule is Cl.NCc1ccc([C@@H]2C[C@@H](C(=O)O)N(NC=O)c3cc(Cl)cc(Cl)c32)cc1. The third-order valence-corrected chi connectivity index (χ3v) is 5.08. The van der Waals surface area contributed by atoms with Crippen molar-refractivity contribution in [1.82, 2.24) is 5.43 Å². The van der Waals surface area contributed by atoms with E-state index in [4.69, 9.17) is 28.9 Å². The number of fused-ring (bicyclic) bond motifs is 1. The summed E-state index contributed by atoms with van der Waals surface area (Å²) in [4.78, 5) is 22.8. The van der Waals surface area contributed by atoms with Crippen LogP contribution in [-0.2, 0) is 16.1 Å². The van der Waals surface area contributed by atoms with E-state index < -0.39 is 12.0 Å². The average molecular weight is 431 g/mol. The Hall–Kier alpha value is -1.99. The maximum atomic E-state index is 11.8. The molecule has 0 saturated heterocycles. The molecule has 1 amide bonds. The molecular weight excluding hydrogens is 413 g/mol. The minimum absolute atomic E-state index is 0. The molecule has 1 aliphatic heterocycles. The van der Waals surface area contributed by atoms with Crippen molar-refractivity contribution in [2.24, 2.45) is 5.73 Å². The standard InChI is InChI=1S/C18H17Cl2N3O3.ClH/c19-12-5-14(20)17-13(11-3-1-10(8-21)2-4-11)7-16(18(25)26)23(22-9-24)15(17)6-12;/h1-6,9,13,16H,7-8,21H2,(H,22,24)(H,25,26);1H/t13-,16-;/m0./s1. The van der Waals surface area contributed by atoms with Crippen LogP contribution in [0.4, 0.5) is 5.69 Å². The van der Waals surface area contributed by atoms with Gasteiger partial charge in [0.15, 0.2) is 0 Å². The van der Waals surface area contributed by atoms with Crippen molar-refractivity contribution >= 4 is 53.7 Å². The van der Waals surface area contributed by atoms with Crippen LogP contribution in [0.2, 0.25) is 10.0 Å². The van der Waals surface area contributed by atoms with Gasteiger partial charge in [0.1, 0.15) is 6.04 Å². The number of carboxylic acid groups (broad SMARTS) is 1. The fourth-order valence-electron chi connectivity index (χ4n) is 3.35. The number of aliphatic carboxylic acids is 1. The molecule has 0 aliphatic carbocycles. The Labute approximate surface area is 172 Å². The number of carbonyl (C=O) groups is 2. The van der Waals surface area contributed by atoms with Crippen molar-refractivity contribution in [3.8, 4) is 0 Å². The van der Waals surface area contributed by atoms with E-state index in [-0.39, 0.29) is 24.7 Å². The molecule has 0 radical (unpaired) electrons. The van der Waals surface area contributed by atoms with E-state index in [1.807, 2.05) is 24.3 Å². The molecule has 6 nitrogen and oxygen atoms in total. The molecule has 0 bridgehead atoms. The van der Waals surface area contributed by atoms with Crippen LogP contribution in [0, 0.1) is 0 Å². The molecule has 0 spiro atoms. The molecular formula is C18H18Cl3N3O3. The Balaban J connectivity index is 0.00000261. The van der Waals surface area contributed by atoms with Crippen molar-refractivity contribution in [1.29, 1.82) is 0 Å². The minimum Gasteiger partial charge on any atom is -0.480 e. The van der Waals surface area contributed by atoms with E-state index in [9.17, 15) is 14.7 Å². The van der Waals surface area contributed by atoms with Crippen LogP contribution in [0.15, 0.2) is 36.4 Å². The molecule has 144 valence electrons.